The third kappa shape index (κ3) is 2.16. The summed E-state index contributed by atoms with van der Waals surface area (Å²) in [4.78, 5) is 16.6. The lowest BCUT2D eigenvalue weighted by Crippen LogP contribution is -2.18. The highest BCUT2D eigenvalue weighted by atomic mass is 16.1. The average molecular weight is 269 g/mol. The van der Waals surface area contributed by atoms with Gasteiger partial charge in [-0.15, -0.1) is 0 Å². The molecule has 0 unspecified atom stereocenters. The van der Waals surface area contributed by atoms with Gasteiger partial charge in [-0.05, 0) is 19.1 Å². The molecule has 0 aliphatic heterocycles. The standard InChI is InChI=1S/C14H15N5O/c1-10-11(19-8-4-3-5-13(19)16-10)9-14(20)17-12-6-7-15-18(12)2/h3-8H,9H2,1-2H3,(H,17,20). The van der Waals surface area contributed by atoms with Crippen molar-refractivity contribution in [2.75, 3.05) is 5.32 Å². The molecule has 0 radical (unpaired) electrons. The number of pyridine rings is 1. The van der Waals surface area contributed by atoms with Crippen LogP contribution >= 0.6 is 0 Å². The van der Waals surface area contributed by atoms with Gasteiger partial charge < -0.3 is 9.72 Å². The number of hydrogen-bond donors (Lipinski definition) is 1. The minimum absolute atomic E-state index is 0.0812. The first kappa shape index (κ1) is 12.4. The summed E-state index contributed by atoms with van der Waals surface area (Å²) in [5, 5.41) is 6.86. The monoisotopic (exact) mass is 269 g/mol. The van der Waals surface area contributed by atoms with Gasteiger partial charge in [0.1, 0.15) is 11.5 Å². The van der Waals surface area contributed by atoms with Crippen LogP contribution in [-0.2, 0) is 18.3 Å². The highest BCUT2D eigenvalue weighted by molar-refractivity contribution is 5.91. The van der Waals surface area contributed by atoms with Gasteiger partial charge >= 0.3 is 0 Å². The predicted octanol–water partition coefficient (Wildman–Crippen LogP) is 1.56. The highest BCUT2D eigenvalue weighted by Gasteiger charge is 2.13. The fraction of sp³-hybridized carbons (Fsp3) is 0.214. The van der Waals surface area contributed by atoms with Crippen LogP contribution < -0.4 is 5.32 Å². The third-order valence-corrected chi connectivity index (χ3v) is 3.25. The summed E-state index contributed by atoms with van der Waals surface area (Å²) in [6, 6.07) is 7.55. The Morgan fingerprint density at radius 1 is 1.35 bits per heavy atom. The normalized spacial score (nSPS) is 10.9. The van der Waals surface area contributed by atoms with Crippen LogP contribution in [-0.4, -0.2) is 25.1 Å². The van der Waals surface area contributed by atoms with Gasteiger partial charge in [0, 0.05) is 19.3 Å². The first-order valence-electron chi connectivity index (χ1n) is 6.35. The Balaban J connectivity index is 1.84. The zero-order valence-electron chi connectivity index (χ0n) is 11.4. The Morgan fingerprint density at radius 3 is 2.95 bits per heavy atom. The van der Waals surface area contributed by atoms with E-state index in [1.807, 2.05) is 35.7 Å². The van der Waals surface area contributed by atoms with Crippen molar-refractivity contribution in [2.45, 2.75) is 13.3 Å². The Bertz CT molecular complexity index is 771. The maximum absolute atomic E-state index is 12.1. The lowest BCUT2D eigenvalue weighted by Gasteiger charge is -2.06. The first-order valence-corrected chi connectivity index (χ1v) is 6.35. The van der Waals surface area contributed by atoms with Gasteiger partial charge in [-0.1, -0.05) is 6.07 Å². The number of rotatable bonds is 3. The number of aryl methyl sites for hydroxylation is 2. The molecule has 6 nitrogen and oxygen atoms in total. The predicted molar refractivity (Wildman–Crippen MR) is 75.5 cm³/mol. The number of hydrogen-bond acceptors (Lipinski definition) is 3. The van der Waals surface area contributed by atoms with Crippen molar-refractivity contribution in [3.63, 3.8) is 0 Å². The van der Waals surface area contributed by atoms with Crippen molar-refractivity contribution in [3.05, 3.63) is 48.0 Å². The van der Waals surface area contributed by atoms with E-state index in [0.29, 0.717) is 5.82 Å². The molecule has 20 heavy (non-hydrogen) atoms. The van der Waals surface area contributed by atoms with Crippen LogP contribution in [0.15, 0.2) is 36.7 Å². The molecule has 3 aromatic rings. The van der Waals surface area contributed by atoms with Gasteiger partial charge in [0.2, 0.25) is 5.91 Å². The number of nitrogens with zero attached hydrogens (tertiary/aromatic N) is 4. The molecule has 3 rings (SSSR count). The van der Waals surface area contributed by atoms with E-state index < -0.39 is 0 Å². The lowest BCUT2D eigenvalue weighted by molar-refractivity contribution is -0.115. The average Bonchev–Trinajstić information content (AvgIpc) is 2.95. The molecular weight excluding hydrogens is 254 g/mol. The Kier molecular flexibility index (Phi) is 2.98. The van der Waals surface area contributed by atoms with Gasteiger partial charge in [0.15, 0.2) is 0 Å². The minimum atomic E-state index is -0.0812. The molecule has 1 N–H and O–H groups in total. The fourth-order valence-corrected chi connectivity index (χ4v) is 2.21. The molecule has 0 atom stereocenters. The quantitative estimate of drug-likeness (QED) is 0.784. The second kappa shape index (κ2) is 4.80. The van der Waals surface area contributed by atoms with Crippen molar-refractivity contribution in [2.24, 2.45) is 7.05 Å². The van der Waals surface area contributed by atoms with Crippen molar-refractivity contribution in [1.29, 1.82) is 0 Å². The van der Waals surface area contributed by atoms with Crippen LogP contribution in [0.3, 0.4) is 0 Å². The molecule has 102 valence electrons. The third-order valence-electron chi connectivity index (χ3n) is 3.25. The van der Waals surface area contributed by atoms with Crippen molar-refractivity contribution >= 4 is 17.4 Å². The number of nitrogens with one attached hydrogen (secondary N) is 1. The molecule has 0 fully saturated rings. The van der Waals surface area contributed by atoms with E-state index in [1.54, 1.807) is 24.0 Å². The summed E-state index contributed by atoms with van der Waals surface area (Å²) in [6.07, 6.45) is 3.85. The zero-order chi connectivity index (χ0) is 14.1. The molecule has 0 aliphatic rings. The van der Waals surface area contributed by atoms with Gasteiger partial charge in [-0.25, -0.2) is 4.98 Å². The topological polar surface area (TPSA) is 64.2 Å². The van der Waals surface area contributed by atoms with Crippen LogP contribution in [0, 0.1) is 6.92 Å². The molecule has 0 aliphatic carbocycles. The van der Waals surface area contributed by atoms with E-state index in [2.05, 4.69) is 15.4 Å². The molecule has 0 bridgehead atoms. The first-order chi connectivity index (χ1) is 9.65. The van der Waals surface area contributed by atoms with Crippen LogP contribution in [0.5, 0.6) is 0 Å². The smallest absolute Gasteiger partial charge is 0.231 e. The minimum Gasteiger partial charge on any atom is -0.311 e. The molecule has 1 amide bonds. The maximum atomic E-state index is 12.1. The van der Waals surface area contributed by atoms with Crippen molar-refractivity contribution in [1.82, 2.24) is 19.2 Å². The molecule has 6 heteroatoms. The number of carbonyl (C=O) groups is 1. The molecule has 3 heterocycles. The van der Waals surface area contributed by atoms with Crippen LogP contribution in [0.2, 0.25) is 0 Å². The SMILES string of the molecule is Cc1nc2ccccn2c1CC(=O)Nc1ccnn1C. The number of anilines is 1. The Morgan fingerprint density at radius 2 is 2.20 bits per heavy atom. The molecule has 0 saturated heterocycles. The summed E-state index contributed by atoms with van der Waals surface area (Å²) in [6.45, 7) is 1.92. The van der Waals surface area contributed by atoms with Gasteiger partial charge in [0.05, 0.1) is 24.0 Å². The van der Waals surface area contributed by atoms with Crippen LogP contribution in [0.25, 0.3) is 5.65 Å². The van der Waals surface area contributed by atoms with E-state index in [1.165, 1.54) is 0 Å². The second-order valence-electron chi connectivity index (χ2n) is 4.64. The molecular formula is C14H15N5O. The van der Waals surface area contributed by atoms with Gasteiger partial charge in [-0.2, -0.15) is 5.10 Å². The van der Waals surface area contributed by atoms with Crippen LogP contribution in [0.1, 0.15) is 11.4 Å². The van der Waals surface area contributed by atoms with Crippen molar-refractivity contribution < 1.29 is 4.79 Å². The molecule has 0 aromatic carbocycles. The summed E-state index contributed by atoms with van der Waals surface area (Å²) < 4.78 is 3.57. The van der Waals surface area contributed by atoms with E-state index in [4.69, 9.17) is 0 Å². The Hall–Kier alpha value is -2.63. The second-order valence-corrected chi connectivity index (χ2v) is 4.64. The van der Waals surface area contributed by atoms with E-state index >= 15 is 0 Å². The maximum Gasteiger partial charge on any atom is 0.231 e. The largest absolute Gasteiger partial charge is 0.311 e. The number of amides is 1. The zero-order valence-corrected chi connectivity index (χ0v) is 11.4. The molecule has 3 aromatic heterocycles. The van der Waals surface area contributed by atoms with E-state index in [0.717, 1.165) is 17.0 Å². The fourth-order valence-electron chi connectivity index (χ4n) is 2.21. The highest BCUT2D eigenvalue weighted by Crippen LogP contribution is 2.13. The summed E-state index contributed by atoms with van der Waals surface area (Å²) in [7, 11) is 1.79. The summed E-state index contributed by atoms with van der Waals surface area (Å²) in [5.74, 6) is 0.601. The summed E-state index contributed by atoms with van der Waals surface area (Å²) >= 11 is 0. The van der Waals surface area contributed by atoms with Crippen LogP contribution in [0.4, 0.5) is 5.82 Å². The lowest BCUT2D eigenvalue weighted by atomic mass is 10.2. The Labute approximate surface area is 116 Å². The number of carbonyl (C=O) groups excluding carboxylic acids is 1. The summed E-state index contributed by atoms with van der Waals surface area (Å²) in [5.41, 5.74) is 2.63. The van der Waals surface area contributed by atoms with E-state index in [-0.39, 0.29) is 12.3 Å². The molecule has 0 saturated carbocycles. The molecule has 0 spiro atoms. The van der Waals surface area contributed by atoms with Crippen molar-refractivity contribution in [3.8, 4) is 0 Å². The van der Waals surface area contributed by atoms with Gasteiger partial charge in [0.25, 0.3) is 0 Å². The van der Waals surface area contributed by atoms with E-state index in [9.17, 15) is 4.79 Å². The van der Waals surface area contributed by atoms with Gasteiger partial charge in [-0.3, -0.25) is 9.48 Å². The number of fused-ring (bicyclic) bond motifs is 1. The number of imidazole rings is 1. The number of aromatic nitrogens is 4.